The molecule has 0 saturated heterocycles. The van der Waals surface area contributed by atoms with E-state index in [2.05, 4.69) is 13.8 Å². The highest BCUT2D eigenvalue weighted by molar-refractivity contribution is 4.74. The summed E-state index contributed by atoms with van der Waals surface area (Å²) in [5.74, 6) is 3.05. The second-order valence-corrected chi connectivity index (χ2v) is 7.74. The van der Waals surface area contributed by atoms with Crippen molar-refractivity contribution in [2.75, 3.05) is 6.61 Å². The molecule has 0 aromatic heterocycles. The SMILES string of the molecule is CCCC1CCC(OCCCC2CCC(CC)CC2)CC1. The average molecular weight is 295 g/mol. The van der Waals surface area contributed by atoms with Crippen molar-refractivity contribution >= 4 is 0 Å². The smallest absolute Gasteiger partial charge is 0.0575 e. The minimum absolute atomic E-state index is 0.592. The first-order valence-corrected chi connectivity index (χ1v) is 9.93. The van der Waals surface area contributed by atoms with E-state index < -0.39 is 0 Å². The summed E-state index contributed by atoms with van der Waals surface area (Å²) in [5, 5.41) is 0. The lowest BCUT2D eigenvalue weighted by atomic mass is 9.79. The van der Waals surface area contributed by atoms with Crippen LogP contribution in [0.3, 0.4) is 0 Å². The summed E-state index contributed by atoms with van der Waals surface area (Å²) in [5.41, 5.74) is 0. The van der Waals surface area contributed by atoms with Crippen LogP contribution >= 0.6 is 0 Å². The molecule has 0 spiro atoms. The van der Waals surface area contributed by atoms with Gasteiger partial charge in [-0.25, -0.2) is 0 Å². The van der Waals surface area contributed by atoms with Gasteiger partial charge in [-0.1, -0.05) is 58.8 Å². The van der Waals surface area contributed by atoms with Gasteiger partial charge in [0.1, 0.15) is 0 Å². The van der Waals surface area contributed by atoms with E-state index in [1.165, 1.54) is 83.5 Å². The summed E-state index contributed by atoms with van der Waals surface area (Å²) in [4.78, 5) is 0. The fourth-order valence-electron chi connectivity index (χ4n) is 4.55. The molecule has 0 radical (unpaired) electrons. The van der Waals surface area contributed by atoms with Crippen LogP contribution in [-0.4, -0.2) is 12.7 Å². The molecular formula is C20H38O. The Morgan fingerprint density at radius 1 is 0.714 bits per heavy atom. The van der Waals surface area contributed by atoms with Crippen LogP contribution in [0.2, 0.25) is 0 Å². The highest BCUT2D eigenvalue weighted by Gasteiger charge is 2.22. The number of hydrogen-bond acceptors (Lipinski definition) is 1. The molecule has 2 aliphatic rings. The monoisotopic (exact) mass is 294 g/mol. The van der Waals surface area contributed by atoms with E-state index in [1.54, 1.807) is 0 Å². The Kier molecular flexibility index (Phi) is 8.14. The van der Waals surface area contributed by atoms with E-state index in [0.717, 1.165) is 24.4 Å². The fourth-order valence-corrected chi connectivity index (χ4v) is 4.55. The van der Waals surface area contributed by atoms with Gasteiger partial charge in [0, 0.05) is 6.61 Å². The van der Waals surface area contributed by atoms with Gasteiger partial charge in [0.05, 0.1) is 6.10 Å². The van der Waals surface area contributed by atoms with E-state index in [-0.39, 0.29) is 0 Å². The van der Waals surface area contributed by atoms with E-state index in [0.29, 0.717) is 6.10 Å². The van der Waals surface area contributed by atoms with Gasteiger partial charge in [0.25, 0.3) is 0 Å². The standard InChI is InChI=1S/C20H38O/c1-3-6-18-12-14-20(15-13-18)21-16-5-7-19-10-8-17(4-2)9-11-19/h17-20H,3-16H2,1-2H3. The molecular weight excluding hydrogens is 256 g/mol. The van der Waals surface area contributed by atoms with Crippen LogP contribution in [0.1, 0.15) is 97.3 Å². The van der Waals surface area contributed by atoms with Crippen molar-refractivity contribution < 1.29 is 4.74 Å². The minimum Gasteiger partial charge on any atom is -0.378 e. The predicted octanol–water partition coefficient (Wildman–Crippen LogP) is 6.36. The summed E-state index contributed by atoms with van der Waals surface area (Å²) >= 11 is 0. The van der Waals surface area contributed by atoms with Gasteiger partial charge in [-0.3, -0.25) is 0 Å². The molecule has 0 aromatic carbocycles. The molecule has 2 fully saturated rings. The maximum absolute atomic E-state index is 6.14. The summed E-state index contributed by atoms with van der Waals surface area (Å²) in [7, 11) is 0. The topological polar surface area (TPSA) is 9.23 Å². The van der Waals surface area contributed by atoms with Crippen LogP contribution in [0, 0.1) is 17.8 Å². The third-order valence-electron chi connectivity index (χ3n) is 6.14. The van der Waals surface area contributed by atoms with Crippen LogP contribution < -0.4 is 0 Å². The van der Waals surface area contributed by atoms with Gasteiger partial charge in [-0.05, 0) is 56.3 Å². The average Bonchev–Trinajstić information content (AvgIpc) is 2.54. The summed E-state index contributed by atoms with van der Waals surface area (Å²) in [6.07, 6.45) is 18.9. The second kappa shape index (κ2) is 9.87. The van der Waals surface area contributed by atoms with E-state index in [1.807, 2.05) is 0 Å². The molecule has 1 nitrogen and oxygen atoms in total. The van der Waals surface area contributed by atoms with E-state index in [4.69, 9.17) is 4.74 Å². The zero-order valence-corrected chi connectivity index (χ0v) is 14.6. The normalized spacial score (nSPS) is 34.0. The van der Waals surface area contributed by atoms with Crippen LogP contribution in [0.5, 0.6) is 0 Å². The highest BCUT2D eigenvalue weighted by atomic mass is 16.5. The van der Waals surface area contributed by atoms with Crippen molar-refractivity contribution in [1.82, 2.24) is 0 Å². The first-order chi connectivity index (χ1) is 10.3. The molecule has 0 atom stereocenters. The van der Waals surface area contributed by atoms with Crippen LogP contribution in [0.15, 0.2) is 0 Å². The zero-order chi connectivity index (χ0) is 14.9. The lowest BCUT2D eigenvalue weighted by Crippen LogP contribution is -2.22. The molecule has 1 heteroatoms. The molecule has 0 amide bonds. The highest BCUT2D eigenvalue weighted by Crippen LogP contribution is 2.33. The van der Waals surface area contributed by atoms with Crippen LogP contribution in [-0.2, 0) is 4.74 Å². The molecule has 124 valence electrons. The van der Waals surface area contributed by atoms with Gasteiger partial charge in [-0.2, -0.15) is 0 Å². The molecule has 0 heterocycles. The van der Waals surface area contributed by atoms with Gasteiger partial charge in [-0.15, -0.1) is 0 Å². The molecule has 21 heavy (non-hydrogen) atoms. The minimum atomic E-state index is 0.592. The lowest BCUT2D eigenvalue weighted by Gasteiger charge is -2.29. The van der Waals surface area contributed by atoms with Crippen molar-refractivity contribution in [1.29, 1.82) is 0 Å². The molecule has 0 aromatic rings. The van der Waals surface area contributed by atoms with Crippen LogP contribution in [0.4, 0.5) is 0 Å². The largest absolute Gasteiger partial charge is 0.378 e. The Bertz CT molecular complexity index is 247. The van der Waals surface area contributed by atoms with Crippen molar-refractivity contribution in [3.05, 3.63) is 0 Å². The third-order valence-corrected chi connectivity index (χ3v) is 6.14. The molecule has 0 bridgehead atoms. The molecule has 2 rings (SSSR count). The lowest BCUT2D eigenvalue weighted by molar-refractivity contribution is 0.0133. The quantitative estimate of drug-likeness (QED) is 0.473. The van der Waals surface area contributed by atoms with Crippen molar-refractivity contribution in [2.45, 2.75) is 103 Å². The third kappa shape index (κ3) is 6.30. The Morgan fingerprint density at radius 2 is 1.29 bits per heavy atom. The van der Waals surface area contributed by atoms with Gasteiger partial charge >= 0.3 is 0 Å². The maximum Gasteiger partial charge on any atom is 0.0575 e. The first kappa shape index (κ1) is 17.3. The Balaban J connectivity index is 1.47. The van der Waals surface area contributed by atoms with Gasteiger partial charge in [0.2, 0.25) is 0 Å². The fraction of sp³-hybridized carbons (Fsp3) is 1.00. The Labute approximate surface area is 133 Å². The molecule has 0 N–H and O–H groups in total. The van der Waals surface area contributed by atoms with E-state index in [9.17, 15) is 0 Å². The number of ether oxygens (including phenoxy) is 1. The van der Waals surface area contributed by atoms with Gasteiger partial charge in [0.15, 0.2) is 0 Å². The van der Waals surface area contributed by atoms with E-state index >= 15 is 0 Å². The zero-order valence-electron chi connectivity index (χ0n) is 14.6. The molecule has 2 saturated carbocycles. The van der Waals surface area contributed by atoms with Crippen molar-refractivity contribution in [3.8, 4) is 0 Å². The first-order valence-electron chi connectivity index (χ1n) is 9.93. The second-order valence-electron chi connectivity index (χ2n) is 7.74. The van der Waals surface area contributed by atoms with Crippen molar-refractivity contribution in [2.24, 2.45) is 17.8 Å². The Hall–Kier alpha value is -0.0400. The molecule has 0 unspecified atom stereocenters. The summed E-state index contributed by atoms with van der Waals surface area (Å²) in [6.45, 7) is 5.70. The van der Waals surface area contributed by atoms with Gasteiger partial charge < -0.3 is 4.74 Å². The predicted molar refractivity (Wildman–Crippen MR) is 91.6 cm³/mol. The van der Waals surface area contributed by atoms with Crippen LogP contribution in [0.25, 0.3) is 0 Å². The summed E-state index contributed by atoms with van der Waals surface area (Å²) < 4.78 is 6.14. The molecule has 0 aliphatic heterocycles. The maximum atomic E-state index is 6.14. The summed E-state index contributed by atoms with van der Waals surface area (Å²) in [6, 6.07) is 0. The Morgan fingerprint density at radius 3 is 1.90 bits per heavy atom. The number of rotatable bonds is 8. The number of hydrogen-bond donors (Lipinski definition) is 0. The van der Waals surface area contributed by atoms with Crippen molar-refractivity contribution in [3.63, 3.8) is 0 Å². The molecule has 2 aliphatic carbocycles.